The van der Waals surface area contributed by atoms with Gasteiger partial charge < -0.3 is 15.7 Å². The lowest BCUT2D eigenvalue weighted by molar-refractivity contribution is 0.0503. The van der Waals surface area contributed by atoms with Gasteiger partial charge in [0.1, 0.15) is 0 Å². The molecular weight excluding hydrogens is 274 g/mol. The van der Waals surface area contributed by atoms with Crippen LogP contribution in [0.4, 0.5) is 5.13 Å². The molecule has 5 nitrogen and oxygen atoms in total. The smallest absolute Gasteiger partial charge is 0.254 e. The molecule has 1 aliphatic heterocycles. The highest BCUT2D eigenvalue weighted by molar-refractivity contribution is 7.22. The maximum absolute atomic E-state index is 12.6. The number of benzene rings is 1. The van der Waals surface area contributed by atoms with E-state index in [0.29, 0.717) is 17.2 Å². The molecule has 0 bridgehead atoms. The Morgan fingerprint density at radius 2 is 2.35 bits per heavy atom. The molecule has 6 heteroatoms. The quantitative estimate of drug-likeness (QED) is 0.885. The average Bonchev–Trinajstić information content (AvgIpc) is 2.85. The number of thiazole rings is 1. The van der Waals surface area contributed by atoms with Crippen molar-refractivity contribution in [1.29, 1.82) is 0 Å². The van der Waals surface area contributed by atoms with Gasteiger partial charge in [0.25, 0.3) is 5.91 Å². The zero-order valence-electron chi connectivity index (χ0n) is 11.1. The number of piperidine rings is 1. The van der Waals surface area contributed by atoms with Crippen molar-refractivity contribution in [2.75, 3.05) is 18.9 Å². The van der Waals surface area contributed by atoms with Crippen molar-refractivity contribution < 1.29 is 9.90 Å². The minimum absolute atomic E-state index is 0.0161. The summed E-state index contributed by atoms with van der Waals surface area (Å²) in [6, 6.07) is 5.40. The fourth-order valence-corrected chi connectivity index (χ4v) is 3.47. The monoisotopic (exact) mass is 291 g/mol. The third kappa shape index (κ3) is 2.36. The molecule has 1 aromatic heterocycles. The van der Waals surface area contributed by atoms with Crippen LogP contribution in [0, 0.1) is 0 Å². The number of hydrogen-bond acceptors (Lipinski definition) is 5. The number of carbonyl (C=O) groups is 1. The summed E-state index contributed by atoms with van der Waals surface area (Å²) in [6.07, 6.45) is 2.94. The molecule has 2 aromatic rings. The summed E-state index contributed by atoms with van der Waals surface area (Å²) in [4.78, 5) is 18.6. The summed E-state index contributed by atoms with van der Waals surface area (Å²) < 4.78 is 0.922. The maximum Gasteiger partial charge on any atom is 0.254 e. The molecule has 1 unspecified atom stereocenters. The summed E-state index contributed by atoms with van der Waals surface area (Å²) in [5.74, 6) is -0.0161. The SMILES string of the molecule is Nc1nc2ccc(C(=O)N3CCCCC3CO)cc2s1. The number of nitrogens with zero attached hydrogens (tertiary/aromatic N) is 2. The highest BCUT2D eigenvalue weighted by Gasteiger charge is 2.27. The number of rotatable bonds is 2. The van der Waals surface area contributed by atoms with E-state index < -0.39 is 0 Å². The first kappa shape index (κ1) is 13.3. The van der Waals surface area contributed by atoms with E-state index >= 15 is 0 Å². The summed E-state index contributed by atoms with van der Waals surface area (Å²) in [7, 11) is 0. The molecule has 3 rings (SSSR count). The Bertz CT molecular complexity index is 640. The molecule has 2 heterocycles. The molecule has 20 heavy (non-hydrogen) atoms. The van der Waals surface area contributed by atoms with E-state index in [1.165, 1.54) is 11.3 Å². The molecule has 1 saturated heterocycles. The first-order valence-electron chi connectivity index (χ1n) is 6.77. The van der Waals surface area contributed by atoms with Crippen LogP contribution < -0.4 is 5.73 Å². The van der Waals surface area contributed by atoms with E-state index in [0.717, 1.165) is 29.5 Å². The van der Waals surface area contributed by atoms with Gasteiger partial charge in [-0.05, 0) is 37.5 Å². The summed E-state index contributed by atoms with van der Waals surface area (Å²) in [6.45, 7) is 0.744. The first-order valence-corrected chi connectivity index (χ1v) is 7.58. The fourth-order valence-electron chi connectivity index (χ4n) is 2.70. The molecule has 0 spiro atoms. The van der Waals surface area contributed by atoms with Crippen LogP contribution in [0.1, 0.15) is 29.6 Å². The van der Waals surface area contributed by atoms with Crippen molar-refractivity contribution in [2.45, 2.75) is 25.3 Å². The predicted molar refractivity (Wildman–Crippen MR) is 79.8 cm³/mol. The number of nitrogen functional groups attached to an aromatic ring is 1. The van der Waals surface area contributed by atoms with E-state index in [-0.39, 0.29) is 18.6 Å². The minimum atomic E-state index is -0.0570. The van der Waals surface area contributed by atoms with Crippen molar-refractivity contribution >= 4 is 32.6 Å². The molecule has 0 aliphatic carbocycles. The molecule has 106 valence electrons. The van der Waals surface area contributed by atoms with Gasteiger partial charge in [-0.3, -0.25) is 4.79 Å². The van der Waals surface area contributed by atoms with E-state index in [1.54, 1.807) is 11.0 Å². The number of likely N-dealkylation sites (tertiary alicyclic amines) is 1. The second-order valence-electron chi connectivity index (χ2n) is 5.07. The largest absolute Gasteiger partial charge is 0.394 e. The number of nitrogens with two attached hydrogens (primary N) is 1. The van der Waals surface area contributed by atoms with Gasteiger partial charge in [0.15, 0.2) is 5.13 Å². The van der Waals surface area contributed by atoms with Gasteiger partial charge in [0, 0.05) is 12.1 Å². The topological polar surface area (TPSA) is 79.5 Å². The minimum Gasteiger partial charge on any atom is -0.394 e. The Kier molecular flexibility index (Phi) is 3.58. The van der Waals surface area contributed by atoms with Gasteiger partial charge in [-0.15, -0.1) is 0 Å². The summed E-state index contributed by atoms with van der Waals surface area (Å²) in [5, 5.41) is 9.92. The van der Waals surface area contributed by atoms with Gasteiger partial charge in [-0.25, -0.2) is 4.98 Å². The molecule has 3 N–H and O–H groups in total. The first-order chi connectivity index (χ1) is 9.69. The molecule has 1 atom stereocenters. The second-order valence-corrected chi connectivity index (χ2v) is 6.13. The van der Waals surface area contributed by atoms with Crippen molar-refractivity contribution in [3.05, 3.63) is 23.8 Å². The van der Waals surface area contributed by atoms with Crippen molar-refractivity contribution in [3.63, 3.8) is 0 Å². The number of aliphatic hydroxyl groups is 1. The van der Waals surface area contributed by atoms with Crippen LogP contribution in [0.2, 0.25) is 0 Å². The fraction of sp³-hybridized carbons (Fsp3) is 0.429. The van der Waals surface area contributed by atoms with E-state index in [4.69, 9.17) is 5.73 Å². The van der Waals surface area contributed by atoms with Crippen LogP contribution in [0.25, 0.3) is 10.2 Å². The van der Waals surface area contributed by atoms with Crippen molar-refractivity contribution in [2.24, 2.45) is 0 Å². The van der Waals surface area contributed by atoms with Crippen LogP contribution in [0.15, 0.2) is 18.2 Å². The summed E-state index contributed by atoms with van der Waals surface area (Å²) >= 11 is 1.38. The van der Waals surface area contributed by atoms with Crippen LogP contribution >= 0.6 is 11.3 Å². The normalized spacial score (nSPS) is 19.4. The summed E-state index contributed by atoms with van der Waals surface area (Å²) in [5.41, 5.74) is 7.14. The molecule has 1 fully saturated rings. The zero-order chi connectivity index (χ0) is 14.1. The zero-order valence-corrected chi connectivity index (χ0v) is 11.9. The third-order valence-electron chi connectivity index (χ3n) is 3.75. The number of hydrogen-bond donors (Lipinski definition) is 2. The third-order valence-corrected chi connectivity index (χ3v) is 4.60. The Morgan fingerprint density at radius 1 is 1.50 bits per heavy atom. The maximum atomic E-state index is 12.6. The Morgan fingerprint density at radius 3 is 3.15 bits per heavy atom. The Balaban J connectivity index is 1.90. The number of aromatic nitrogens is 1. The number of anilines is 1. The van der Waals surface area contributed by atoms with E-state index in [1.807, 2.05) is 12.1 Å². The highest BCUT2D eigenvalue weighted by Crippen LogP contribution is 2.26. The van der Waals surface area contributed by atoms with Gasteiger partial charge >= 0.3 is 0 Å². The molecule has 1 aromatic carbocycles. The Hall–Kier alpha value is -1.66. The number of aliphatic hydroxyl groups excluding tert-OH is 1. The van der Waals surface area contributed by atoms with Crippen LogP contribution in [0.5, 0.6) is 0 Å². The van der Waals surface area contributed by atoms with E-state index in [9.17, 15) is 9.90 Å². The highest BCUT2D eigenvalue weighted by atomic mass is 32.1. The molecule has 1 amide bonds. The van der Waals surface area contributed by atoms with Crippen LogP contribution in [0.3, 0.4) is 0 Å². The number of fused-ring (bicyclic) bond motifs is 1. The van der Waals surface area contributed by atoms with Crippen molar-refractivity contribution in [1.82, 2.24) is 9.88 Å². The molecule has 1 aliphatic rings. The van der Waals surface area contributed by atoms with Crippen LogP contribution in [-0.4, -0.2) is 40.1 Å². The lowest BCUT2D eigenvalue weighted by Crippen LogP contribution is -2.45. The number of amides is 1. The molecule has 0 saturated carbocycles. The van der Waals surface area contributed by atoms with Gasteiger partial charge in [0.05, 0.1) is 22.9 Å². The van der Waals surface area contributed by atoms with Crippen LogP contribution in [-0.2, 0) is 0 Å². The number of carbonyl (C=O) groups excluding carboxylic acids is 1. The van der Waals surface area contributed by atoms with Gasteiger partial charge in [0.2, 0.25) is 0 Å². The second kappa shape index (κ2) is 5.38. The van der Waals surface area contributed by atoms with Gasteiger partial charge in [-0.2, -0.15) is 0 Å². The lowest BCUT2D eigenvalue weighted by atomic mass is 10.0. The van der Waals surface area contributed by atoms with Crippen molar-refractivity contribution in [3.8, 4) is 0 Å². The lowest BCUT2D eigenvalue weighted by Gasteiger charge is -2.34. The average molecular weight is 291 g/mol. The van der Waals surface area contributed by atoms with Gasteiger partial charge in [-0.1, -0.05) is 11.3 Å². The predicted octanol–water partition coefficient (Wildman–Crippen LogP) is 1.87. The molecular formula is C14H17N3O2S. The standard InChI is InChI=1S/C14H17N3O2S/c15-14-16-11-5-4-9(7-12(11)20-14)13(19)17-6-2-1-3-10(17)8-18/h4-5,7,10,18H,1-3,6,8H2,(H2,15,16). The van der Waals surface area contributed by atoms with E-state index in [2.05, 4.69) is 4.98 Å². The Labute approximate surface area is 121 Å². The molecule has 0 radical (unpaired) electrons.